The van der Waals surface area contributed by atoms with E-state index in [0.29, 0.717) is 10.7 Å². The Kier molecular flexibility index (Phi) is 5.71. The van der Waals surface area contributed by atoms with Crippen LogP contribution in [0.2, 0.25) is 5.02 Å². The van der Waals surface area contributed by atoms with Crippen LogP contribution < -0.4 is 10.1 Å². The predicted octanol–water partition coefficient (Wildman–Crippen LogP) is 5.43. The van der Waals surface area contributed by atoms with Crippen molar-refractivity contribution in [3.8, 4) is 5.75 Å². The highest BCUT2D eigenvalue weighted by atomic mass is 79.9. The molecule has 0 aliphatic rings. The Morgan fingerprint density at radius 3 is 2.57 bits per heavy atom. The van der Waals surface area contributed by atoms with Gasteiger partial charge in [-0.25, -0.2) is 0 Å². The van der Waals surface area contributed by atoms with E-state index in [1.54, 1.807) is 25.1 Å². The van der Waals surface area contributed by atoms with Crippen LogP contribution >= 0.6 is 27.5 Å². The topological polar surface area (TPSA) is 38.3 Å². The molecule has 5 heteroatoms. The zero-order chi connectivity index (χ0) is 17.1. The molecular formula is C18H19BrClNO2. The summed E-state index contributed by atoms with van der Waals surface area (Å²) in [7, 11) is 0. The van der Waals surface area contributed by atoms with E-state index in [4.69, 9.17) is 16.3 Å². The molecule has 0 radical (unpaired) electrons. The number of carbonyl (C=O) groups is 1. The monoisotopic (exact) mass is 395 g/mol. The lowest BCUT2D eigenvalue weighted by molar-refractivity contribution is -0.122. The van der Waals surface area contributed by atoms with Gasteiger partial charge in [-0.1, -0.05) is 17.7 Å². The van der Waals surface area contributed by atoms with Crippen LogP contribution in [0.1, 0.15) is 23.6 Å². The third-order valence-electron chi connectivity index (χ3n) is 3.62. The van der Waals surface area contributed by atoms with Gasteiger partial charge < -0.3 is 10.1 Å². The summed E-state index contributed by atoms with van der Waals surface area (Å²) in [6.07, 6.45) is -0.614. The Hall–Kier alpha value is -1.52. The highest BCUT2D eigenvalue weighted by molar-refractivity contribution is 9.10. The van der Waals surface area contributed by atoms with Crippen LogP contribution in [0, 0.1) is 20.8 Å². The number of hydrogen-bond donors (Lipinski definition) is 1. The molecule has 0 spiro atoms. The molecular weight excluding hydrogens is 378 g/mol. The zero-order valence-electron chi connectivity index (χ0n) is 13.5. The van der Waals surface area contributed by atoms with Crippen molar-refractivity contribution in [3.63, 3.8) is 0 Å². The number of anilines is 1. The van der Waals surface area contributed by atoms with E-state index >= 15 is 0 Å². The van der Waals surface area contributed by atoms with Gasteiger partial charge in [0.1, 0.15) is 5.75 Å². The fraction of sp³-hybridized carbons (Fsp3) is 0.278. The SMILES string of the molecule is Cc1cc(C)c(C)c(O[C@@H](C)C(=O)Nc2ccc(Br)c(Cl)c2)c1. The van der Waals surface area contributed by atoms with Crippen molar-refractivity contribution in [2.24, 2.45) is 0 Å². The lowest BCUT2D eigenvalue weighted by atomic mass is 10.1. The minimum absolute atomic E-state index is 0.220. The number of benzene rings is 2. The Morgan fingerprint density at radius 2 is 1.91 bits per heavy atom. The smallest absolute Gasteiger partial charge is 0.265 e. The van der Waals surface area contributed by atoms with Crippen molar-refractivity contribution in [1.82, 2.24) is 0 Å². The highest BCUT2D eigenvalue weighted by Gasteiger charge is 2.17. The fourth-order valence-corrected chi connectivity index (χ4v) is 2.61. The largest absolute Gasteiger partial charge is 0.481 e. The minimum Gasteiger partial charge on any atom is -0.481 e. The molecule has 1 atom stereocenters. The van der Waals surface area contributed by atoms with E-state index in [0.717, 1.165) is 26.9 Å². The van der Waals surface area contributed by atoms with Crippen LogP contribution in [0.5, 0.6) is 5.75 Å². The molecule has 0 aliphatic carbocycles. The van der Waals surface area contributed by atoms with Gasteiger partial charge in [-0.3, -0.25) is 4.79 Å². The lowest BCUT2D eigenvalue weighted by Gasteiger charge is -2.18. The molecule has 0 saturated carbocycles. The first kappa shape index (κ1) is 17.8. The van der Waals surface area contributed by atoms with Gasteiger partial charge in [0.05, 0.1) is 5.02 Å². The van der Waals surface area contributed by atoms with Gasteiger partial charge in [0.25, 0.3) is 5.91 Å². The fourth-order valence-electron chi connectivity index (χ4n) is 2.18. The summed E-state index contributed by atoms with van der Waals surface area (Å²) in [5.41, 5.74) is 3.93. The molecule has 2 rings (SSSR count). The van der Waals surface area contributed by atoms with E-state index in [-0.39, 0.29) is 5.91 Å². The van der Waals surface area contributed by atoms with Gasteiger partial charge in [0, 0.05) is 10.2 Å². The lowest BCUT2D eigenvalue weighted by Crippen LogP contribution is -2.30. The molecule has 0 bridgehead atoms. The molecule has 1 N–H and O–H groups in total. The number of nitrogens with one attached hydrogen (secondary N) is 1. The highest BCUT2D eigenvalue weighted by Crippen LogP contribution is 2.27. The average Bonchev–Trinajstić information content (AvgIpc) is 2.48. The number of hydrogen-bond acceptors (Lipinski definition) is 2. The third-order valence-corrected chi connectivity index (χ3v) is 4.86. The maximum Gasteiger partial charge on any atom is 0.265 e. The number of carbonyl (C=O) groups excluding carboxylic acids is 1. The number of amides is 1. The molecule has 2 aromatic rings. The Balaban J connectivity index is 2.10. The van der Waals surface area contributed by atoms with Crippen LogP contribution in [-0.2, 0) is 4.79 Å². The second-order valence-electron chi connectivity index (χ2n) is 5.58. The molecule has 0 aromatic heterocycles. The molecule has 1 amide bonds. The maximum atomic E-state index is 12.3. The molecule has 23 heavy (non-hydrogen) atoms. The Labute approximate surface area is 150 Å². The number of aryl methyl sites for hydroxylation is 2. The molecule has 0 fully saturated rings. The predicted molar refractivity (Wildman–Crippen MR) is 98.5 cm³/mol. The van der Waals surface area contributed by atoms with Gasteiger partial charge in [0.15, 0.2) is 6.10 Å². The van der Waals surface area contributed by atoms with E-state index in [1.807, 2.05) is 26.8 Å². The molecule has 122 valence electrons. The van der Waals surface area contributed by atoms with Gasteiger partial charge in [0.2, 0.25) is 0 Å². The second-order valence-corrected chi connectivity index (χ2v) is 6.84. The van der Waals surface area contributed by atoms with Crippen molar-refractivity contribution >= 4 is 39.1 Å². The quantitative estimate of drug-likeness (QED) is 0.748. The summed E-state index contributed by atoms with van der Waals surface area (Å²) < 4.78 is 6.63. The molecule has 0 unspecified atom stereocenters. The second kappa shape index (κ2) is 7.37. The van der Waals surface area contributed by atoms with Gasteiger partial charge in [-0.2, -0.15) is 0 Å². The van der Waals surface area contributed by atoms with Gasteiger partial charge in [-0.15, -0.1) is 0 Å². The van der Waals surface area contributed by atoms with Crippen molar-refractivity contribution in [2.75, 3.05) is 5.32 Å². The first-order valence-electron chi connectivity index (χ1n) is 7.28. The molecule has 2 aromatic carbocycles. The first-order chi connectivity index (χ1) is 10.8. The number of halogens is 2. The van der Waals surface area contributed by atoms with Crippen LogP contribution in [0.4, 0.5) is 5.69 Å². The van der Waals surface area contributed by atoms with Crippen LogP contribution in [-0.4, -0.2) is 12.0 Å². The summed E-state index contributed by atoms with van der Waals surface area (Å²) in [6, 6.07) is 9.30. The van der Waals surface area contributed by atoms with Crippen LogP contribution in [0.15, 0.2) is 34.8 Å². The van der Waals surface area contributed by atoms with Crippen LogP contribution in [0.3, 0.4) is 0 Å². The normalized spacial score (nSPS) is 11.9. The van der Waals surface area contributed by atoms with Gasteiger partial charge in [-0.05, 0) is 84.6 Å². The van der Waals surface area contributed by atoms with Crippen molar-refractivity contribution < 1.29 is 9.53 Å². The van der Waals surface area contributed by atoms with Crippen molar-refractivity contribution in [2.45, 2.75) is 33.8 Å². The maximum absolute atomic E-state index is 12.3. The van der Waals surface area contributed by atoms with Crippen LogP contribution in [0.25, 0.3) is 0 Å². The van der Waals surface area contributed by atoms with E-state index in [9.17, 15) is 4.79 Å². The Morgan fingerprint density at radius 1 is 1.22 bits per heavy atom. The summed E-state index contributed by atoms with van der Waals surface area (Å²) in [4.78, 5) is 12.3. The Bertz CT molecular complexity index is 746. The minimum atomic E-state index is -0.614. The molecule has 0 saturated heterocycles. The zero-order valence-corrected chi connectivity index (χ0v) is 15.9. The van der Waals surface area contributed by atoms with Crippen molar-refractivity contribution in [1.29, 1.82) is 0 Å². The van der Waals surface area contributed by atoms with E-state index in [2.05, 4.69) is 27.3 Å². The standard InChI is InChI=1S/C18H19BrClNO2/c1-10-7-11(2)12(3)17(8-10)23-13(4)18(22)21-14-5-6-15(19)16(20)9-14/h5-9,13H,1-4H3,(H,21,22)/t13-/m0/s1. The average molecular weight is 397 g/mol. The first-order valence-corrected chi connectivity index (χ1v) is 8.45. The molecule has 0 heterocycles. The third kappa shape index (κ3) is 4.49. The number of rotatable bonds is 4. The number of ether oxygens (including phenoxy) is 1. The molecule has 0 aliphatic heterocycles. The summed E-state index contributed by atoms with van der Waals surface area (Å²) in [6.45, 7) is 7.76. The molecule has 3 nitrogen and oxygen atoms in total. The summed E-state index contributed by atoms with van der Waals surface area (Å²) in [5, 5.41) is 3.35. The summed E-state index contributed by atoms with van der Waals surface area (Å²) >= 11 is 9.35. The summed E-state index contributed by atoms with van der Waals surface area (Å²) in [5.74, 6) is 0.515. The van der Waals surface area contributed by atoms with Crippen molar-refractivity contribution in [3.05, 3.63) is 56.5 Å². The van der Waals surface area contributed by atoms with Gasteiger partial charge >= 0.3 is 0 Å². The van der Waals surface area contributed by atoms with E-state index in [1.165, 1.54) is 0 Å². The van der Waals surface area contributed by atoms with E-state index < -0.39 is 6.10 Å².